The van der Waals surface area contributed by atoms with E-state index < -0.39 is 0 Å². The number of hydrogen-bond acceptors (Lipinski definition) is 2. The molecule has 0 spiro atoms. The number of para-hydroxylation sites is 2. The normalized spacial score (nSPS) is 21.6. The van der Waals surface area contributed by atoms with E-state index in [1.165, 1.54) is 0 Å². The molecule has 1 aliphatic carbocycles. The Bertz CT molecular complexity index is 617. The third-order valence-electron chi connectivity index (χ3n) is 3.93. The molecule has 1 amide bonds. The molecular weight excluding hydrogens is 238 g/mol. The highest BCUT2D eigenvalue weighted by molar-refractivity contribution is 5.81. The predicted molar refractivity (Wildman–Crippen MR) is 74.8 cm³/mol. The molecule has 0 radical (unpaired) electrons. The van der Waals surface area contributed by atoms with Crippen molar-refractivity contribution < 1.29 is 4.79 Å². The third-order valence-corrected chi connectivity index (χ3v) is 3.93. The standard InChI is InChI=1S/C15H19N3O/c1-10-9-12(10)15(19)16-7-8-18-11(2)17-13-5-3-4-6-14(13)18/h3-6,10,12H,7-9H2,1-2H3,(H,16,19)/t10-,12-/m0/s1. The van der Waals surface area contributed by atoms with Gasteiger partial charge in [0.2, 0.25) is 5.91 Å². The first kappa shape index (κ1) is 12.2. The lowest BCUT2D eigenvalue weighted by molar-refractivity contribution is -0.122. The molecule has 3 rings (SSSR count). The third kappa shape index (κ3) is 2.35. The second-order valence-electron chi connectivity index (χ2n) is 5.41. The molecule has 1 aromatic carbocycles. The van der Waals surface area contributed by atoms with Gasteiger partial charge in [0.1, 0.15) is 5.82 Å². The molecule has 100 valence electrons. The Morgan fingerprint density at radius 3 is 2.95 bits per heavy atom. The highest BCUT2D eigenvalue weighted by Gasteiger charge is 2.38. The summed E-state index contributed by atoms with van der Waals surface area (Å²) in [5, 5.41) is 3.02. The van der Waals surface area contributed by atoms with Crippen LogP contribution in [0.15, 0.2) is 24.3 Å². The number of aryl methyl sites for hydroxylation is 1. The molecule has 0 bridgehead atoms. The maximum atomic E-state index is 11.8. The van der Waals surface area contributed by atoms with E-state index >= 15 is 0 Å². The molecule has 2 atom stereocenters. The van der Waals surface area contributed by atoms with Crippen LogP contribution in [0.5, 0.6) is 0 Å². The summed E-state index contributed by atoms with van der Waals surface area (Å²) in [4.78, 5) is 16.3. The minimum absolute atomic E-state index is 0.203. The topological polar surface area (TPSA) is 46.9 Å². The average Bonchev–Trinajstić information content (AvgIpc) is 3.04. The quantitative estimate of drug-likeness (QED) is 0.912. The highest BCUT2D eigenvalue weighted by Crippen LogP contribution is 2.37. The smallest absolute Gasteiger partial charge is 0.223 e. The number of benzene rings is 1. The maximum Gasteiger partial charge on any atom is 0.223 e. The Kier molecular flexibility index (Phi) is 3.01. The van der Waals surface area contributed by atoms with Crippen LogP contribution in [0.1, 0.15) is 19.2 Å². The Balaban J connectivity index is 1.65. The lowest BCUT2D eigenvalue weighted by atomic mass is 10.3. The largest absolute Gasteiger partial charge is 0.354 e. The van der Waals surface area contributed by atoms with E-state index in [0.29, 0.717) is 12.5 Å². The van der Waals surface area contributed by atoms with Crippen molar-refractivity contribution in [3.8, 4) is 0 Å². The molecule has 1 aliphatic rings. The van der Waals surface area contributed by atoms with Crippen LogP contribution < -0.4 is 5.32 Å². The molecule has 1 aromatic heterocycles. The Morgan fingerprint density at radius 2 is 2.21 bits per heavy atom. The minimum atomic E-state index is 0.203. The van der Waals surface area contributed by atoms with Crippen molar-refractivity contribution >= 4 is 16.9 Å². The molecule has 1 fully saturated rings. The molecule has 1 heterocycles. The van der Waals surface area contributed by atoms with Crippen LogP contribution in [0.25, 0.3) is 11.0 Å². The molecule has 4 nitrogen and oxygen atoms in total. The number of aromatic nitrogens is 2. The van der Waals surface area contributed by atoms with E-state index in [4.69, 9.17) is 0 Å². The fourth-order valence-electron chi connectivity index (χ4n) is 2.59. The molecule has 1 N–H and O–H groups in total. The molecule has 2 aromatic rings. The van der Waals surface area contributed by atoms with Gasteiger partial charge in [-0.2, -0.15) is 0 Å². The van der Waals surface area contributed by atoms with Crippen molar-refractivity contribution in [1.82, 2.24) is 14.9 Å². The van der Waals surface area contributed by atoms with Gasteiger partial charge in [-0.1, -0.05) is 19.1 Å². The zero-order valence-electron chi connectivity index (χ0n) is 11.4. The number of hydrogen-bond donors (Lipinski definition) is 1. The van der Waals surface area contributed by atoms with Crippen LogP contribution in [0.2, 0.25) is 0 Å². The molecule has 4 heteroatoms. The van der Waals surface area contributed by atoms with E-state index in [-0.39, 0.29) is 11.8 Å². The van der Waals surface area contributed by atoms with Crippen LogP contribution >= 0.6 is 0 Å². The van der Waals surface area contributed by atoms with Gasteiger partial charge in [-0.15, -0.1) is 0 Å². The van der Waals surface area contributed by atoms with Crippen LogP contribution in [0.3, 0.4) is 0 Å². The van der Waals surface area contributed by atoms with Crippen molar-refractivity contribution in [1.29, 1.82) is 0 Å². The van der Waals surface area contributed by atoms with Gasteiger partial charge < -0.3 is 9.88 Å². The van der Waals surface area contributed by atoms with Crippen molar-refractivity contribution in [3.05, 3.63) is 30.1 Å². The first-order valence-electron chi connectivity index (χ1n) is 6.86. The van der Waals surface area contributed by atoms with Crippen LogP contribution in [-0.4, -0.2) is 22.0 Å². The second kappa shape index (κ2) is 4.68. The fraction of sp³-hybridized carbons (Fsp3) is 0.467. The number of carbonyl (C=O) groups excluding carboxylic acids is 1. The number of imidazole rings is 1. The monoisotopic (exact) mass is 257 g/mol. The molecule has 1 saturated carbocycles. The van der Waals surface area contributed by atoms with Gasteiger partial charge in [0.15, 0.2) is 0 Å². The SMILES string of the molecule is Cc1nc2ccccc2n1CCNC(=O)[C@H]1C[C@@H]1C. The highest BCUT2D eigenvalue weighted by atomic mass is 16.2. The van der Waals surface area contributed by atoms with Crippen LogP contribution in [0.4, 0.5) is 0 Å². The van der Waals surface area contributed by atoms with E-state index in [2.05, 4.69) is 27.9 Å². The summed E-state index contributed by atoms with van der Waals surface area (Å²) in [7, 11) is 0. The van der Waals surface area contributed by atoms with Crippen molar-refractivity contribution in [2.24, 2.45) is 11.8 Å². The van der Waals surface area contributed by atoms with Crippen LogP contribution in [-0.2, 0) is 11.3 Å². The fourth-order valence-corrected chi connectivity index (χ4v) is 2.59. The summed E-state index contributed by atoms with van der Waals surface area (Å²) in [6.45, 7) is 5.57. The first-order valence-corrected chi connectivity index (χ1v) is 6.86. The zero-order valence-corrected chi connectivity index (χ0v) is 11.4. The van der Waals surface area contributed by atoms with Gasteiger partial charge in [0, 0.05) is 19.0 Å². The van der Waals surface area contributed by atoms with E-state index in [1.54, 1.807) is 0 Å². The minimum Gasteiger partial charge on any atom is -0.354 e. The van der Waals surface area contributed by atoms with Crippen LogP contribution in [0, 0.1) is 18.8 Å². The van der Waals surface area contributed by atoms with Gasteiger partial charge in [-0.3, -0.25) is 4.79 Å². The summed E-state index contributed by atoms with van der Waals surface area (Å²) >= 11 is 0. The molecule has 0 unspecified atom stereocenters. The molecule has 19 heavy (non-hydrogen) atoms. The Labute approximate surface area is 112 Å². The number of amides is 1. The molecular formula is C15H19N3O. The molecule has 0 saturated heterocycles. The average molecular weight is 257 g/mol. The van der Waals surface area contributed by atoms with E-state index in [0.717, 1.165) is 29.8 Å². The number of carbonyl (C=O) groups is 1. The van der Waals surface area contributed by atoms with Gasteiger partial charge >= 0.3 is 0 Å². The number of nitrogens with zero attached hydrogens (tertiary/aromatic N) is 2. The Hall–Kier alpha value is -1.84. The van der Waals surface area contributed by atoms with E-state index in [9.17, 15) is 4.79 Å². The first-order chi connectivity index (χ1) is 9.16. The van der Waals surface area contributed by atoms with Crippen molar-refractivity contribution in [2.75, 3.05) is 6.54 Å². The summed E-state index contributed by atoms with van der Waals surface area (Å²) in [5.41, 5.74) is 2.15. The number of fused-ring (bicyclic) bond motifs is 1. The number of nitrogens with one attached hydrogen (secondary N) is 1. The van der Waals surface area contributed by atoms with Gasteiger partial charge in [0.25, 0.3) is 0 Å². The summed E-state index contributed by atoms with van der Waals surface area (Å²) in [6.07, 6.45) is 1.04. The zero-order chi connectivity index (χ0) is 13.4. The van der Waals surface area contributed by atoms with Gasteiger partial charge in [-0.05, 0) is 31.4 Å². The van der Waals surface area contributed by atoms with Crippen molar-refractivity contribution in [3.63, 3.8) is 0 Å². The van der Waals surface area contributed by atoms with Gasteiger partial charge in [0.05, 0.1) is 11.0 Å². The van der Waals surface area contributed by atoms with E-state index in [1.807, 2.05) is 25.1 Å². The second-order valence-corrected chi connectivity index (χ2v) is 5.41. The lowest BCUT2D eigenvalue weighted by Crippen LogP contribution is -2.29. The summed E-state index contributed by atoms with van der Waals surface area (Å²) in [5.74, 6) is 2.02. The summed E-state index contributed by atoms with van der Waals surface area (Å²) in [6, 6.07) is 8.10. The lowest BCUT2D eigenvalue weighted by Gasteiger charge is -2.08. The van der Waals surface area contributed by atoms with Gasteiger partial charge in [-0.25, -0.2) is 4.98 Å². The Morgan fingerprint density at radius 1 is 1.47 bits per heavy atom. The van der Waals surface area contributed by atoms with Crippen molar-refractivity contribution in [2.45, 2.75) is 26.8 Å². The summed E-state index contributed by atoms with van der Waals surface area (Å²) < 4.78 is 2.16. The molecule has 0 aliphatic heterocycles. The number of rotatable bonds is 4. The predicted octanol–water partition coefficient (Wildman–Crippen LogP) is 2.12. The maximum absolute atomic E-state index is 11.8.